The molecule has 0 spiro atoms. The second kappa shape index (κ2) is 2.73. The molecule has 1 fully saturated rings. The van der Waals surface area contributed by atoms with E-state index in [0.717, 1.165) is 0 Å². The van der Waals surface area contributed by atoms with Gasteiger partial charge in [0.15, 0.2) is 0 Å². The SMILES string of the molecule is O=C1CC(S(=O)(=O)O)C(=S)N1O. The Morgan fingerprint density at radius 3 is 2.25 bits per heavy atom. The Balaban J connectivity index is 3.01. The zero-order chi connectivity index (χ0) is 9.52. The molecule has 8 heteroatoms. The molecule has 12 heavy (non-hydrogen) atoms. The summed E-state index contributed by atoms with van der Waals surface area (Å²) in [5.74, 6) is -0.831. The molecule has 6 nitrogen and oxygen atoms in total. The number of carbonyl (C=O) groups is 1. The van der Waals surface area contributed by atoms with Crippen molar-refractivity contribution in [2.75, 3.05) is 0 Å². The van der Waals surface area contributed by atoms with Gasteiger partial charge in [0.25, 0.3) is 16.0 Å². The molecule has 68 valence electrons. The molecule has 1 rings (SSSR count). The number of thiocarbonyl (C=S) groups is 1. The first-order chi connectivity index (χ1) is 5.34. The third kappa shape index (κ3) is 1.46. The predicted molar refractivity (Wildman–Crippen MR) is 41.2 cm³/mol. The molecule has 0 saturated carbocycles. The van der Waals surface area contributed by atoms with Crippen molar-refractivity contribution in [2.24, 2.45) is 0 Å². The van der Waals surface area contributed by atoms with Gasteiger partial charge < -0.3 is 0 Å². The molecule has 1 unspecified atom stereocenters. The van der Waals surface area contributed by atoms with E-state index in [-0.39, 0.29) is 5.06 Å². The summed E-state index contributed by atoms with van der Waals surface area (Å²) >= 11 is 4.40. The average Bonchev–Trinajstić information content (AvgIpc) is 2.15. The molecular weight excluding hydrogens is 206 g/mol. The van der Waals surface area contributed by atoms with E-state index in [9.17, 15) is 13.2 Å². The largest absolute Gasteiger partial charge is 0.285 e. The Labute approximate surface area is 73.5 Å². The van der Waals surface area contributed by atoms with E-state index in [4.69, 9.17) is 9.76 Å². The van der Waals surface area contributed by atoms with Crippen LogP contribution in [-0.4, -0.2) is 39.4 Å². The summed E-state index contributed by atoms with van der Waals surface area (Å²) in [6.45, 7) is 0. The third-order valence-electron chi connectivity index (χ3n) is 1.44. The lowest BCUT2D eigenvalue weighted by atomic mass is 10.4. The molecule has 1 amide bonds. The van der Waals surface area contributed by atoms with E-state index >= 15 is 0 Å². The molecule has 1 aliphatic rings. The van der Waals surface area contributed by atoms with Crippen molar-refractivity contribution in [1.29, 1.82) is 0 Å². The molecule has 0 bridgehead atoms. The summed E-state index contributed by atoms with van der Waals surface area (Å²) in [4.78, 5) is 10.2. The molecule has 1 heterocycles. The van der Waals surface area contributed by atoms with Gasteiger partial charge in [-0.05, 0) is 0 Å². The fraction of sp³-hybridized carbons (Fsp3) is 0.500. The maximum atomic E-state index is 10.7. The molecule has 0 aliphatic carbocycles. The van der Waals surface area contributed by atoms with Crippen molar-refractivity contribution in [3.8, 4) is 0 Å². The van der Waals surface area contributed by atoms with Gasteiger partial charge in [0.05, 0.1) is 6.42 Å². The monoisotopic (exact) mass is 211 g/mol. The van der Waals surface area contributed by atoms with Gasteiger partial charge in [-0.3, -0.25) is 14.6 Å². The lowest BCUT2D eigenvalue weighted by molar-refractivity contribution is -0.145. The van der Waals surface area contributed by atoms with Crippen LogP contribution in [0.1, 0.15) is 6.42 Å². The quantitative estimate of drug-likeness (QED) is 0.334. The third-order valence-corrected chi connectivity index (χ3v) is 3.16. The normalized spacial score (nSPS) is 25.2. The Kier molecular flexibility index (Phi) is 2.17. The minimum atomic E-state index is -4.38. The highest BCUT2D eigenvalue weighted by atomic mass is 32.2. The standard InChI is InChI=1S/C4H5NO5S2/c6-3-1-2(12(8,9)10)4(11)5(3)7/h2,7H,1H2,(H,8,9,10). The summed E-state index contributed by atoms with van der Waals surface area (Å²) in [6, 6.07) is 0. The van der Waals surface area contributed by atoms with Crippen LogP contribution in [-0.2, 0) is 14.9 Å². The smallest absolute Gasteiger partial charge is 0.275 e. The van der Waals surface area contributed by atoms with Crippen molar-refractivity contribution in [3.05, 3.63) is 0 Å². The van der Waals surface area contributed by atoms with E-state index in [1.807, 2.05) is 0 Å². The van der Waals surface area contributed by atoms with Gasteiger partial charge in [-0.1, -0.05) is 12.2 Å². The van der Waals surface area contributed by atoms with Crippen LogP contribution >= 0.6 is 12.2 Å². The highest BCUT2D eigenvalue weighted by molar-refractivity contribution is 7.90. The summed E-state index contributed by atoms with van der Waals surface area (Å²) in [5.41, 5.74) is 0. The van der Waals surface area contributed by atoms with Crippen LogP contribution in [0.25, 0.3) is 0 Å². The van der Waals surface area contributed by atoms with E-state index in [1.165, 1.54) is 0 Å². The van der Waals surface area contributed by atoms with Gasteiger partial charge in [-0.2, -0.15) is 13.5 Å². The maximum absolute atomic E-state index is 10.7. The number of hydrogen-bond donors (Lipinski definition) is 2. The second-order valence-electron chi connectivity index (χ2n) is 2.25. The minimum absolute atomic E-state index is 0.0633. The highest BCUT2D eigenvalue weighted by Crippen LogP contribution is 2.18. The predicted octanol–water partition coefficient (Wildman–Crippen LogP) is -0.808. The van der Waals surface area contributed by atoms with Gasteiger partial charge in [-0.25, -0.2) is 0 Å². The zero-order valence-electron chi connectivity index (χ0n) is 5.67. The Morgan fingerprint density at radius 2 is 2.08 bits per heavy atom. The van der Waals surface area contributed by atoms with E-state index < -0.39 is 32.7 Å². The van der Waals surface area contributed by atoms with Crippen LogP contribution in [0.15, 0.2) is 0 Å². The lowest BCUT2D eigenvalue weighted by Gasteiger charge is -2.06. The number of hydrogen-bond acceptors (Lipinski definition) is 5. The Hall–Kier alpha value is -0.570. The Bertz CT molecular complexity index is 333. The molecule has 0 aromatic carbocycles. The van der Waals surface area contributed by atoms with Crippen LogP contribution in [0.3, 0.4) is 0 Å². The molecule has 0 radical (unpaired) electrons. The van der Waals surface area contributed by atoms with Crippen LogP contribution in [0, 0.1) is 0 Å². The number of carbonyl (C=O) groups excluding carboxylic acids is 1. The lowest BCUT2D eigenvalue weighted by Crippen LogP contribution is -2.30. The maximum Gasteiger partial charge on any atom is 0.275 e. The molecule has 1 aliphatic heterocycles. The zero-order valence-corrected chi connectivity index (χ0v) is 7.30. The van der Waals surface area contributed by atoms with Crippen molar-refractivity contribution in [1.82, 2.24) is 5.06 Å². The van der Waals surface area contributed by atoms with E-state index in [1.54, 1.807) is 0 Å². The molecule has 1 saturated heterocycles. The number of amides is 1. The molecule has 1 atom stereocenters. The van der Waals surface area contributed by atoms with Crippen LogP contribution in [0.5, 0.6) is 0 Å². The number of nitrogens with zero attached hydrogens (tertiary/aromatic N) is 1. The van der Waals surface area contributed by atoms with E-state index in [0.29, 0.717) is 0 Å². The highest BCUT2D eigenvalue weighted by Gasteiger charge is 2.42. The van der Waals surface area contributed by atoms with Gasteiger partial charge in [-0.15, -0.1) is 0 Å². The van der Waals surface area contributed by atoms with Gasteiger partial charge in [0.2, 0.25) is 0 Å². The number of rotatable bonds is 1. The van der Waals surface area contributed by atoms with Crippen LogP contribution in [0.2, 0.25) is 0 Å². The molecule has 0 aromatic heterocycles. The van der Waals surface area contributed by atoms with Crippen LogP contribution < -0.4 is 0 Å². The fourth-order valence-corrected chi connectivity index (χ4v) is 2.08. The minimum Gasteiger partial charge on any atom is -0.285 e. The average molecular weight is 211 g/mol. The van der Waals surface area contributed by atoms with Crippen molar-refractivity contribution >= 4 is 33.2 Å². The van der Waals surface area contributed by atoms with Gasteiger partial charge >= 0.3 is 0 Å². The molecular formula is C4H5NO5S2. The fourth-order valence-electron chi connectivity index (χ4n) is 0.824. The first kappa shape index (κ1) is 9.52. The summed E-state index contributed by atoms with van der Waals surface area (Å²) in [7, 11) is -4.38. The Morgan fingerprint density at radius 1 is 1.58 bits per heavy atom. The van der Waals surface area contributed by atoms with E-state index in [2.05, 4.69) is 12.2 Å². The van der Waals surface area contributed by atoms with Crippen molar-refractivity contribution in [2.45, 2.75) is 11.7 Å². The molecule has 2 N–H and O–H groups in total. The van der Waals surface area contributed by atoms with Crippen molar-refractivity contribution < 1.29 is 23.0 Å². The topological polar surface area (TPSA) is 94.9 Å². The van der Waals surface area contributed by atoms with Gasteiger partial charge in [0, 0.05) is 0 Å². The summed E-state index contributed by atoms with van der Waals surface area (Å²) in [6.07, 6.45) is -0.506. The van der Waals surface area contributed by atoms with Crippen LogP contribution in [0.4, 0.5) is 0 Å². The first-order valence-electron chi connectivity index (χ1n) is 2.86. The van der Waals surface area contributed by atoms with Gasteiger partial charge in [0.1, 0.15) is 10.2 Å². The summed E-state index contributed by atoms with van der Waals surface area (Å²) in [5, 5.41) is 7.35. The molecule has 0 aromatic rings. The van der Waals surface area contributed by atoms with Crippen molar-refractivity contribution in [3.63, 3.8) is 0 Å². The summed E-state index contributed by atoms with van der Waals surface area (Å²) < 4.78 is 29.5. The second-order valence-corrected chi connectivity index (χ2v) is 4.27. The number of hydroxylamine groups is 2. The first-order valence-corrected chi connectivity index (χ1v) is 4.77.